The number of carbonyl (C=O) groups excluding carboxylic acids is 1. The number of hydrogen-bond donors (Lipinski definition) is 0. The molecule has 138 valence electrons. The normalized spacial score (nSPS) is 17.1. The first-order valence-electron chi connectivity index (χ1n) is 8.56. The first-order valence-corrected chi connectivity index (χ1v) is 8.94. The maximum atomic E-state index is 14.3. The van der Waals surface area contributed by atoms with E-state index in [-0.39, 0.29) is 11.5 Å². The van der Waals surface area contributed by atoms with E-state index in [9.17, 15) is 9.18 Å². The quantitative estimate of drug-likeness (QED) is 0.815. The molecule has 4 nitrogen and oxygen atoms in total. The third-order valence-electron chi connectivity index (χ3n) is 4.96. The van der Waals surface area contributed by atoms with Crippen molar-refractivity contribution >= 4 is 23.2 Å². The van der Waals surface area contributed by atoms with E-state index >= 15 is 0 Å². The van der Waals surface area contributed by atoms with Crippen LogP contribution in [0.25, 0.3) is 0 Å². The summed E-state index contributed by atoms with van der Waals surface area (Å²) in [5.41, 5.74) is -0.135. The lowest BCUT2D eigenvalue weighted by Crippen LogP contribution is -2.54. The summed E-state index contributed by atoms with van der Waals surface area (Å²) in [5, 5.41) is 0.695. The lowest BCUT2D eigenvalue weighted by molar-refractivity contribution is -0.155. The van der Waals surface area contributed by atoms with Gasteiger partial charge in [0.2, 0.25) is 0 Å². The Balaban J connectivity index is 1.75. The number of methoxy groups -OCH3 is 1. The Morgan fingerprint density at radius 1 is 1.08 bits per heavy atom. The van der Waals surface area contributed by atoms with E-state index in [4.69, 9.17) is 16.3 Å². The fourth-order valence-corrected chi connectivity index (χ4v) is 3.58. The Labute approximate surface area is 158 Å². The van der Waals surface area contributed by atoms with Crippen molar-refractivity contribution in [3.8, 4) is 0 Å². The molecule has 3 rings (SSSR count). The molecule has 2 aromatic carbocycles. The summed E-state index contributed by atoms with van der Waals surface area (Å²) in [6.45, 7) is 3.99. The zero-order valence-electron chi connectivity index (χ0n) is 14.9. The zero-order chi connectivity index (χ0) is 18.7. The summed E-state index contributed by atoms with van der Waals surface area (Å²) in [5.74, 6) is -0.677. The SMILES string of the molecule is COC(C)(C(=O)N1CCN(c2ccccc2Cl)CC1)c1ccccc1F. The smallest absolute Gasteiger partial charge is 0.259 e. The second-order valence-corrected chi connectivity index (χ2v) is 6.86. The van der Waals surface area contributed by atoms with Crippen LogP contribution in [-0.4, -0.2) is 44.1 Å². The number of amides is 1. The summed E-state index contributed by atoms with van der Waals surface area (Å²) in [6.07, 6.45) is 0. The molecule has 0 saturated carbocycles. The highest BCUT2D eigenvalue weighted by atomic mass is 35.5. The van der Waals surface area contributed by atoms with Gasteiger partial charge >= 0.3 is 0 Å². The number of anilines is 1. The van der Waals surface area contributed by atoms with Crippen molar-refractivity contribution in [3.05, 3.63) is 64.9 Å². The van der Waals surface area contributed by atoms with Gasteiger partial charge in [0.1, 0.15) is 5.82 Å². The second kappa shape index (κ2) is 7.64. The summed E-state index contributed by atoms with van der Waals surface area (Å²) in [4.78, 5) is 17.0. The van der Waals surface area contributed by atoms with Gasteiger partial charge < -0.3 is 14.5 Å². The van der Waals surface area contributed by atoms with Gasteiger partial charge in [-0.25, -0.2) is 4.39 Å². The zero-order valence-corrected chi connectivity index (χ0v) is 15.7. The number of hydrogen-bond acceptors (Lipinski definition) is 3. The standard InChI is InChI=1S/C20H22ClFN2O2/c1-20(26-2,15-7-3-5-9-17(15)22)19(25)24-13-11-23(12-14-24)18-10-6-4-8-16(18)21/h3-10H,11-14H2,1-2H3. The molecule has 1 atom stereocenters. The molecule has 1 heterocycles. The van der Waals surface area contributed by atoms with Gasteiger partial charge in [0.25, 0.3) is 5.91 Å². The molecule has 6 heteroatoms. The molecule has 1 aliphatic heterocycles. The molecular formula is C20H22ClFN2O2. The van der Waals surface area contributed by atoms with Crippen molar-refractivity contribution < 1.29 is 13.9 Å². The van der Waals surface area contributed by atoms with Gasteiger partial charge in [-0.05, 0) is 25.1 Å². The van der Waals surface area contributed by atoms with Crippen LogP contribution in [0, 0.1) is 5.82 Å². The third-order valence-corrected chi connectivity index (χ3v) is 5.28. The van der Waals surface area contributed by atoms with Crippen molar-refractivity contribution in [2.24, 2.45) is 0 Å². The number of rotatable bonds is 4. The van der Waals surface area contributed by atoms with Crippen LogP contribution in [0.2, 0.25) is 5.02 Å². The van der Waals surface area contributed by atoms with Crippen LogP contribution >= 0.6 is 11.6 Å². The van der Waals surface area contributed by atoms with Gasteiger partial charge in [0.05, 0.1) is 10.7 Å². The molecule has 1 unspecified atom stereocenters. The number of ether oxygens (including phenoxy) is 1. The number of carbonyl (C=O) groups is 1. The number of nitrogens with zero attached hydrogens (tertiary/aromatic N) is 2. The average molecular weight is 377 g/mol. The van der Waals surface area contributed by atoms with E-state index in [1.165, 1.54) is 13.2 Å². The lowest BCUT2D eigenvalue weighted by atomic mass is 9.93. The molecule has 0 bridgehead atoms. The highest BCUT2D eigenvalue weighted by molar-refractivity contribution is 6.33. The molecule has 0 spiro atoms. The van der Waals surface area contributed by atoms with E-state index in [0.717, 1.165) is 5.69 Å². The van der Waals surface area contributed by atoms with Crippen molar-refractivity contribution in [3.63, 3.8) is 0 Å². The van der Waals surface area contributed by atoms with Crippen LogP contribution in [0.5, 0.6) is 0 Å². The molecule has 1 aliphatic rings. The Hall–Kier alpha value is -2.11. The van der Waals surface area contributed by atoms with Crippen LogP contribution < -0.4 is 4.90 Å². The predicted molar refractivity (Wildman–Crippen MR) is 101 cm³/mol. The molecule has 1 saturated heterocycles. The number of para-hydroxylation sites is 1. The summed E-state index contributed by atoms with van der Waals surface area (Å²) in [7, 11) is 1.43. The summed E-state index contributed by atoms with van der Waals surface area (Å²) in [6, 6.07) is 13.9. The highest BCUT2D eigenvalue weighted by Gasteiger charge is 2.41. The van der Waals surface area contributed by atoms with Gasteiger partial charge in [-0.15, -0.1) is 0 Å². The van der Waals surface area contributed by atoms with Gasteiger partial charge in [0, 0.05) is 38.9 Å². The van der Waals surface area contributed by atoms with Crippen molar-refractivity contribution in [2.75, 3.05) is 38.2 Å². The van der Waals surface area contributed by atoms with Crippen LogP contribution in [0.3, 0.4) is 0 Å². The molecule has 1 fully saturated rings. The van der Waals surface area contributed by atoms with Gasteiger partial charge in [0.15, 0.2) is 5.60 Å². The monoisotopic (exact) mass is 376 g/mol. The van der Waals surface area contributed by atoms with Crippen molar-refractivity contribution in [1.29, 1.82) is 0 Å². The highest BCUT2D eigenvalue weighted by Crippen LogP contribution is 2.31. The van der Waals surface area contributed by atoms with Gasteiger partial charge in [-0.1, -0.05) is 41.9 Å². The average Bonchev–Trinajstić information content (AvgIpc) is 2.68. The molecule has 1 amide bonds. The van der Waals surface area contributed by atoms with Gasteiger partial charge in [-0.3, -0.25) is 4.79 Å². The Kier molecular flexibility index (Phi) is 5.49. The molecule has 0 aliphatic carbocycles. The molecule has 0 radical (unpaired) electrons. The molecule has 0 N–H and O–H groups in total. The minimum Gasteiger partial charge on any atom is -0.367 e. The van der Waals surface area contributed by atoms with Crippen LogP contribution in [-0.2, 0) is 15.1 Å². The first kappa shape index (κ1) is 18.7. The maximum absolute atomic E-state index is 14.3. The topological polar surface area (TPSA) is 32.8 Å². The molecule has 0 aromatic heterocycles. The van der Waals surface area contributed by atoms with Gasteiger partial charge in [-0.2, -0.15) is 0 Å². The number of piperazine rings is 1. The number of halogens is 2. The van der Waals surface area contributed by atoms with E-state index in [1.54, 1.807) is 30.0 Å². The van der Waals surface area contributed by atoms with Crippen LogP contribution in [0.4, 0.5) is 10.1 Å². The second-order valence-electron chi connectivity index (χ2n) is 6.45. The molecule has 26 heavy (non-hydrogen) atoms. The largest absolute Gasteiger partial charge is 0.367 e. The van der Waals surface area contributed by atoms with Crippen molar-refractivity contribution in [1.82, 2.24) is 4.90 Å². The maximum Gasteiger partial charge on any atom is 0.259 e. The minimum absolute atomic E-state index is 0.232. The van der Waals surface area contributed by atoms with E-state index < -0.39 is 11.4 Å². The fourth-order valence-electron chi connectivity index (χ4n) is 3.32. The molecule has 2 aromatic rings. The summed E-state index contributed by atoms with van der Waals surface area (Å²) < 4.78 is 19.7. The Morgan fingerprint density at radius 3 is 2.31 bits per heavy atom. The van der Waals surface area contributed by atoms with E-state index in [2.05, 4.69) is 4.90 Å². The number of benzene rings is 2. The Morgan fingerprint density at radius 2 is 1.69 bits per heavy atom. The van der Waals surface area contributed by atoms with Crippen LogP contribution in [0.15, 0.2) is 48.5 Å². The Bertz CT molecular complexity index is 793. The minimum atomic E-state index is -1.35. The third kappa shape index (κ3) is 3.41. The van der Waals surface area contributed by atoms with E-state index in [1.807, 2.05) is 24.3 Å². The first-order chi connectivity index (χ1) is 12.5. The molecular weight excluding hydrogens is 355 g/mol. The lowest BCUT2D eigenvalue weighted by Gasteiger charge is -2.40. The predicted octanol–water partition coefficient (Wildman–Crippen LogP) is 3.69. The van der Waals surface area contributed by atoms with Crippen molar-refractivity contribution in [2.45, 2.75) is 12.5 Å². The van der Waals surface area contributed by atoms with E-state index in [0.29, 0.717) is 31.2 Å². The summed E-state index contributed by atoms with van der Waals surface area (Å²) >= 11 is 6.27. The fraction of sp³-hybridized carbons (Fsp3) is 0.350. The van der Waals surface area contributed by atoms with Crippen LogP contribution in [0.1, 0.15) is 12.5 Å².